The molecule has 17 heavy (non-hydrogen) atoms. The first-order valence-electron chi connectivity index (χ1n) is 6.19. The van der Waals surface area contributed by atoms with Gasteiger partial charge in [-0.2, -0.15) is 0 Å². The van der Waals surface area contributed by atoms with Crippen LogP contribution in [0.4, 0.5) is 5.69 Å². The summed E-state index contributed by atoms with van der Waals surface area (Å²) in [5.74, 6) is 1.17. The van der Waals surface area contributed by atoms with Crippen molar-refractivity contribution < 1.29 is 4.74 Å². The summed E-state index contributed by atoms with van der Waals surface area (Å²) in [5.41, 5.74) is 7.04. The maximum absolute atomic E-state index is 6.25. The van der Waals surface area contributed by atoms with Crippen LogP contribution in [0.2, 0.25) is 0 Å². The van der Waals surface area contributed by atoms with Crippen LogP contribution >= 0.6 is 22.6 Å². The third-order valence-electron chi connectivity index (χ3n) is 4.06. The van der Waals surface area contributed by atoms with Crippen molar-refractivity contribution in [1.29, 1.82) is 0 Å². The molecule has 1 aromatic carbocycles. The number of halogens is 1. The van der Waals surface area contributed by atoms with Crippen molar-refractivity contribution >= 4 is 28.3 Å². The molecule has 0 saturated carbocycles. The van der Waals surface area contributed by atoms with Gasteiger partial charge in [-0.15, -0.1) is 0 Å². The van der Waals surface area contributed by atoms with Crippen molar-refractivity contribution in [3.63, 3.8) is 0 Å². The van der Waals surface area contributed by atoms with Gasteiger partial charge in [0.2, 0.25) is 0 Å². The Bertz CT molecular complexity index is 457. The zero-order chi connectivity index (χ0) is 12.2. The van der Waals surface area contributed by atoms with E-state index in [0.717, 1.165) is 23.8 Å². The molecule has 0 spiro atoms. The van der Waals surface area contributed by atoms with Gasteiger partial charge in [-0.25, -0.2) is 0 Å². The van der Waals surface area contributed by atoms with Crippen molar-refractivity contribution in [2.75, 3.05) is 16.3 Å². The highest BCUT2D eigenvalue weighted by Gasteiger charge is 2.38. The Kier molecular flexibility index (Phi) is 2.58. The first-order chi connectivity index (χ1) is 8.06. The fourth-order valence-corrected chi connectivity index (χ4v) is 3.47. The van der Waals surface area contributed by atoms with E-state index in [9.17, 15) is 0 Å². The summed E-state index contributed by atoms with van der Waals surface area (Å²) in [7, 11) is 0. The summed E-state index contributed by atoms with van der Waals surface area (Å²) in [6.07, 6.45) is 2.19. The first-order valence-corrected chi connectivity index (χ1v) is 7.72. The van der Waals surface area contributed by atoms with E-state index >= 15 is 0 Å². The van der Waals surface area contributed by atoms with Crippen LogP contribution in [0.5, 0.6) is 5.75 Å². The van der Waals surface area contributed by atoms with Gasteiger partial charge in [-0.05, 0) is 43.9 Å². The molecule has 92 valence electrons. The predicted octanol–water partition coefficient (Wildman–Crippen LogP) is 3.40. The van der Waals surface area contributed by atoms with E-state index in [2.05, 4.69) is 48.7 Å². The molecule has 3 heteroatoms. The minimum absolute atomic E-state index is 0.00644. The third kappa shape index (κ3) is 1.58. The number of hydrogen-bond donors (Lipinski definition) is 1. The Hall–Kier alpha value is -0.450. The standard InChI is InChI=1S/C14H18INO/c1-8-11-6-14(3,7-15)17-13(11)9(2)10-4-5-16-12(8)10/h16H,4-7H2,1-3H3. The molecule has 0 amide bonds. The Morgan fingerprint density at radius 3 is 2.76 bits per heavy atom. The molecule has 0 aliphatic carbocycles. The van der Waals surface area contributed by atoms with Gasteiger partial charge in [0.1, 0.15) is 11.4 Å². The molecule has 1 aromatic rings. The van der Waals surface area contributed by atoms with Crippen LogP contribution in [0, 0.1) is 13.8 Å². The second kappa shape index (κ2) is 3.77. The van der Waals surface area contributed by atoms with Crippen LogP contribution < -0.4 is 10.1 Å². The van der Waals surface area contributed by atoms with Crippen LogP contribution in [0.25, 0.3) is 0 Å². The molecule has 2 aliphatic rings. The van der Waals surface area contributed by atoms with Gasteiger partial charge >= 0.3 is 0 Å². The topological polar surface area (TPSA) is 21.3 Å². The summed E-state index contributed by atoms with van der Waals surface area (Å²) < 4.78 is 7.28. The summed E-state index contributed by atoms with van der Waals surface area (Å²) in [6, 6.07) is 0. The maximum Gasteiger partial charge on any atom is 0.127 e. The van der Waals surface area contributed by atoms with Gasteiger partial charge in [-0.3, -0.25) is 0 Å². The van der Waals surface area contributed by atoms with E-state index < -0.39 is 0 Å². The third-order valence-corrected chi connectivity index (χ3v) is 5.67. The second-order valence-electron chi connectivity index (χ2n) is 5.45. The van der Waals surface area contributed by atoms with Crippen LogP contribution in [0.3, 0.4) is 0 Å². The number of ether oxygens (including phenoxy) is 1. The Balaban J connectivity index is 2.18. The van der Waals surface area contributed by atoms with Gasteiger partial charge in [0.15, 0.2) is 0 Å². The summed E-state index contributed by atoms with van der Waals surface area (Å²) in [4.78, 5) is 0. The molecule has 0 fully saturated rings. The Morgan fingerprint density at radius 2 is 2.06 bits per heavy atom. The molecule has 1 unspecified atom stereocenters. The highest BCUT2D eigenvalue weighted by Crippen LogP contribution is 2.46. The molecule has 2 heterocycles. The molecule has 0 radical (unpaired) electrons. The number of fused-ring (bicyclic) bond motifs is 2. The van der Waals surface area contributed by atoms with Gasteiger partial charge in [0.25, 0.3) is 0 Å². The number of alkyl halides is 1. The molecule has 1 N–H and O–H groups in total. The van der Waals surface area contributed by atoms with E-state index in [1.165, 1.54) is 33.7 Å². The highest BCUT2D eigenvalue weighted by molar-refractivity contribution is 14.1. The molecule has 0 saturated heterocycles. The zero-order valence-corrected chi connectivity index (χ0v) is 12.8. The van der Waals surface area contributed by atoms with Crippen molar-refractivity contribution in [1.82, 2.24) is 0 Å². The number of rotatable bonds is 1. The molecule has 3 rings (SSSR count). The Morgan fingerprint density at radius 1 is 1.29 bits per heavy atom. The predicted molar refractivity (Wildman–Crippen MR) is 79.7 cm³/mol. The smallest absolute Gasteiger partial charge is 0.127 e. The molecule has 0 bridgehead atoms. The number of nitrogens with one attached hydrogen (secondary N) is 1. The normalized spacial score (nSPS) is 25.2. The highest BCUT2D eigenvalue weighted by atomic mass is 127. The average Bonchev–Trinajstić information content (AvgIpc) is 2.91. The largest absolute Gasteiger partial charge is 0.486 e. The minimum Gasteiger partial charge on any atom is -0.486 e. The zero-order valence-electron chi connectivity index (χ0n) is 10.6. The van der Waals surface area contributed by atoms with Crippen LogP contribution in [0.15, 0.2) is 0 Å². The molecular weight excluding hydrogens is 325 g/mol. The fraction of sp³-hybridized carbons (Fsp3) is 0.571. The van der Waals surface area contributed by atoms with Crippen molar-refractivity contribution in [2.24, 2.45) is 0 Å². The Labute approximate surface area is 116 Å². The quantitative estimate of drug-likeness (QED) is 0.623. The second-order valence-corrected chi connectivity index (χ2v) is 6.21. The number of benzene rings is 1. The van der Waals surface area contributed by atoms with E-state index in [-0.39, 0.29) is 5.60 Å². The van der Waals surface area contributed by atoms with Gasteiger partial charge in [-0.1, -0.05) is 22.6 Å². The maximum atomic E-state index is 6.25. The van der Waals surface area contributed by atoms with Crippen LogP contribution in [0.1, 0.15) is 29.2 Å². The summed E-state index contributed by atoms with van der Waals surface area (Å²) in [5, 5.41) is 3.53. The van der Waals surface area contributed by atoms with E-state index in [0.29, 0.717) is 0 Å². The monoisotopic (exact) mass is 343 g/mol. The molecule has 2 nitrogen and oxygen atoms in total. The van der Waals surface area contributed by atoms with E-state index in [1.54, 1.807) is 0 Å². The molecule has 0 aromatic heterocycles. The minimum atomic E-state index is -0.00644. The lowest BCUT2D eigenvalue weighted by Crippen LogP contribution is -2.31. The van der Waals surface area contributed by atoms with E-state index in [4.69, 9.17) is 4.74 Å². The fourth-order valence-electron chi connectivity index (χ4n) is 3.04. The van der Waals surface area contributed by atoms with Gasteiger partial charge in [0, 0.05) is 28.6 Å². The SMILES string of the molecule is Cc1c2c(c(C)c3c1NCC3)OC(C)(CI)C2. The molecule has 2 aliphatic heterocycles. The lowest BCUT2D eigenvalue weighted by atomic mass is 9.92. The van der Waals surface area contributed by atoms with Crippen LogP contribution in [-0.2, 0) is 12.8 Å². The first kappa shape index (κ1) is 11.6. The lowest BCUT2D eigenvalue weighted by Gasteiger charge is -2.21. The number of hydrogen-bond acceptors (Lipinski definition) is 2. The lowest BCUT2D eigenvalue weighted by molar-refractivity contribution is 0.146. The molecule has 1 atom stereocenters. The summed E-state index contributed by atoms with van der Waals surface area (Å²) in [6.45, 7) is 7.74. The van der Waals surface area contributed by atoms with E-state index in [1.807, 2.05) is 0 Å². The van der Waals surface area contributed by atoms with Crippen molar-refractivity contribution in [3.8, 4) is 5.75 Å². The van der Waals surface area contributed by atoms with Gasteiger partial charge < -0.3 is 10.1 Å². The van der Waals surface area contributed by atoms with Crippen molar-refractivity contribution in [2.45, 2.75) is 39.2 Å². The molecular formula is C14H18INO. The van der Waals surface area contributed by atoms with Crippen molar-refractivity contribution in [3.05, 3.63) is 22.3 Å². The summed E-state index contributed by atoms with van der Waals surface area (Å²) >= 11 is 2.43. The number of anilines is 1. The van der Waals surface area contributed by atoms with Gasteiger partial charge in [0.05, 0.1) is 0 Å². The average molecular weight is 343 g/mol. The van der Waals surface area contributed by atoms with Crippen LogP contribution in [-0.4, -0.2) is 16.6 Å².